The number of rotatable bonds is 6. The molecule has 0 aromatic heterocycles. The Morgan fingerprint density at radius 2 is 1.54 bits per heavy atom. The average molecular weight is 340 g/mol. The number of carbonyl (C=O) groups is 1. The molecular weight excluding hydrogens is 324 g/mol. The van der Waals surface area contributed by atoms with Crippen LogP contribution in [0, 0.1) is 5.82 Å². The van der Waals surface area contributed by atoms with Gasteiger partial charge in [-0.25, -0.2) is 4.39 Å². The maximum absolute atomic E-state index is 13.1. The summed E-state index contributed by atoms with van der Waals surface area (Å²) in [5.74, 6) is -1.16. The fourth-order valence-corrected chi connectivity index (χ4v) is 2.18. The zero-order chi connectivity index (χ0) is 17.6. The molecule has 0 aliphatic carbocycles. The van der Waals surface area contributed by atoms with Gasteiger partial charge in [0, 0.05) is 0 Å². The van der Waals surface area contributed by atoms with Crippen molar-refractivity contribution >= 4 is 5.91 Å². The van der Waals surface area contributed by atoms with E-state index in [0.717, 1.165) is 5.56 Å². The van der Waals surface area contributed by atoms with Gasteiger partial charge < -0.3 is 5.32 Å². The van der Waals surface area contributed by atoms with Crippen molar-refractivity contribution in [1.29, 1.82) is 0 Å². The molecule has 1 atom stereocenters. The minimum absolute atomic E-state index is 0.299. The van der Waals surface area contributed by atoms with Crippen molar-refractivity contribution in [3.8, 4) is 0 Å². The van der Waals surface area contributed by atoms with E-state index in [1.165, 1.54) is 12.1 Å². The molecule has 0 aliphatic heterocycles. The van der Waals surface area contributed by atoms with Gasteiger partial charge >= 0.3 is 6.18 Å². The third-order valence-electron chi connectivity index (χ3n) is 3.29. The predicted octanol–water partition coefficient (Wildman–Crippen LogP) is 3.18. The molecule has 3 nitrogen and oxygen atoms in total. The first-order valence-electron chi connectivity index (χ1n) is 7.22. The molecule has 0 bridgehead atoms. The van der Waals surface area contributed by atoms with Gasteiger partial charge in [0.15, 0.2) is 0 Å². The predicted molar refractivity (Wildman–Crippen MR) is 81.8 cm³/mol. The number of hydrogen-bond acceptors (Lipinski definition) is 2. The molecule has 0 aliphatic rings. The lowest BCUT2D eigenvalue weighted by molar-refractivity contribution is -0.137. The van der Waals surface area contributed by atoms with Crippen LogP contribution in [0.3, 0.4) is 0 Å². The van der Waals surface area contributed by atoms with E-state index in [0.29, 0.717) is 5.56 Å². The van der Waals surface area contributed by atoms with Crippen molar-refractivity contribution in [1.82, 2.24) is 10.6 Å². The normalized spacial score (nSPS) is 12.7. The second-order valence-corrected chi connectivity index (χ2v) is 5.17. The third kappa shape index (κ3) is 5.66. The Balaban J connectivity index is 2.07. The van der Waals surface area contributed by atoms with Crippen molar-refractivity contribution in [2.24, 2.45) is 0 Å². The molecule has 0 unspecified atom stereocenters. The van der Waals surface area contributed by atoms with Crippen LogP contribution in [0.1, 0.15) is 17.2 Å². The highest BCUT2D eigenvalue weighted by atomic mass is 19.4. The molecule has 128 valence electrons. The molecule has 0 saturated carbocycles. The summed E-state index contributed by atoms with van der Waals surface area (Å²) < 4.78 is 49.4. The van der Waals surface area contributed by atoms with E-state index in [-0.39, 0.29) is 6.54 Å². The fraction of sp³-hybridized carbons (Fsp3) is 0.235. The van der Waals surface area contributed by atoms with Gasteiger partial charge in [0.2, 0.25) is 5.91 Å². The van der Waals surface area contributed by atoms with Gasteiger partial charge in [0.25, 0.3) is 0 Å². The summed E-state index contributed by atoms with van der Waals surface area (Å²) in [4.78, 5) is 11.6. The Labute approximate surface area is 136 Å². The molecule has 0 radical (unpaired) electrons. The lowest BCUT2D eigenvalue weighted by Crippen LogP contribution is -2.40. The lowest BCUT2D eigenvalue weighted by atomic mass is 9.98. The second-order valence-electron chi connectivity index (χ2n) is 5.17. The van der Waals surface area contributed by atoms with E-state index in [4.69, 9.17) is 0 Å². The molecule has 0 heterocycles. The highest BCUT2D eigenvalue weighted by Crippen LogP contribution is 2.22. The number of halogens is 4. The molecule has 1 amide bonds. The summed E-state index contributed by atoms with van der Waals surface area (Å²) in [7, 11) is 0. The second kappa shape index (κ2) is 7.92. The number of nitrogens with one attached hydrogen (secondary N) is 2. The zero-order valence-electron chi connectivity index (χ0n) is 12.6. The van der Waals surface area contributed by atoms with Gasteiger partial charge in [0.05, 0.1) is 12.6 Å². The average Bonchev–Trinajstić information content (AvgIpc) is 2.55. The van der Waals surface area contributed by atoms with Crippen LogP contribution in [-0.2, 0) is 4.79 Å². The molecule has 2 N–H and O–H groups in total. The van der Waals surface area contributed by atoms with Gasteiger partial charge in [-0.15, -0.1) is 0 Å². The minimum atomic E-state index is -4.45. The lowest BCUT2D eigenvalue weighted by Gasteiger charge is -2.20. The van der Waals surface area contributed by atoms with E-state index in [1.54, 1.807) is 29.6 Å². The van der Waals surface area contributed by atoms with Crippen LogP contribution >= 0.6 is 0 Å². The topological polar surface area (TPSA) is 41.1 Å². The van der Waals surface area contributed by atoms with Crippen molar-refractivity contribution in [2.75, 3.05) is 13.1 Å². The summed E-state index contributed by atoms with van der Waals surface area (Å²) in [6.07, 6.45) is -4.45. The summed E-state index contributed by atoms with van der Waals surface area (Å²) in [6.45, 7) is -1.67. The van der Waals surface area contributed by atoms with Gasteiger partial charge in [-0.2, -0.15) is 13.2 Å². The molecule has 0 fully saturated rings. The largest absolute Gasteiger partial charge is 0.405 e. The van der Waals surface area contributed by atoms with Gasteiger partial charge in [0.1, 0.15) is 12.4 Å². The first-order chi connectivity index (χ1) is 11.3. The first kappa shape index (κ1) is 17.9. The molecule has 2 aromatic carbocycles. The molecule has 0 saturated heterocycles. The Hall–Kier alpha value is -2.41. The number of carbonyl (C=O) groups excluding carboxylic acids is 1. The summed E-state index contributed by atoms with van der Waals surface area (Å²) in [5.41, 5.74) is 1.51. The maximum atomic E-state index is 13.1. The Bertz CT molecular complexity index is 657. The third-order valence-corrected chi connectivity index (χ3v) is 3.29. The van der Waals surface area contributed by atoms with Crippen molar-refractivity contribution < 1.29 is 22.4 Å². The number of alkyl halides is 3. The van der Waals surface area contributed by atoms with Gasteiger partial charge in [-0.1, -0.05) is 42.5 Å². The zero-order valence-corrected chi connectivity index (χ0v) is 12.6. The first-order valence-corrected chi connectivity index (χ1v) is 7.22. The van der Waals surface area contributed by atoms with Crippen molar-refractivity contribution in [3.05, 3.63) is 71.5 Å². The Kier molecular flexibility index (Phi) is 5.92. The summed E-state index contributed by atoms with van der Waals surface area (Å²) >= 11 is 0. The van der Waals surface area contributed by atoms with Gasteiger partial charge in [-0.3, -0.25) is 10.1 Å². The standard InChI is InChI=1S/C17H16F4N2O/c18-14-8-6-13(7-9-14)16(12-4-2-1-3-5-12)22-10-15(24)23-11-17(19,20)21/h1-9,16,22H,10-11H2,(H,23,24)/t16-/m1/s1. The van der Waals surface area contributed by atoms with Crippen molar-refractivity contribution in [2.45, 2.75) is 12.2 Å². The van der Waals surface area contributed by atoms with E-state index < -0.39 is 30.5 Å². The smallest absolute Gasteiger partial charge is 0.346 e. The van der Waals surface area contributed by atoms with Gasteiger partial charge in [-0.05, 0) is 23.3 Å². The molecule has 0 spiro atoms. The van der Waals surface area contributed by atoms with Crippen LogP contribution in [0.15, 0.2) is 54.6 Å². The summed E-state index contributed by atoms with van der Waals surface area (Å²) in [5, 5.41) is 4.71. The van der Waals surface area contributed by atoms with Crippen molar-refractivity contribution in [3.63, 3.8) is 0 Å². The Morgan fingerprint density at radius 1 is 0.958 bits per heavy atom. The maximum Gasteiger partial charge on any atom is 0.405 e. The van der Waals surface area contributed by atoms with Crippen LogP contribution in [-0.4, -0.2) is 25.2 Å². The fourth-order valence-electron chi connectivity index (χ4n) is 2.18. The number of benzene rings is 2. The van der Waals surface area contributed by atoms with E-state index in [9.17, 15) is 22.4 Å². The Morgan fingerprint density at radius 3 is 2.12 bits per heavy atom. The number of hydrogen-bond donors (Lipinski definition) is 2. The molecule has 2 aromatic rings. The quantitative estimate of drug-likeness (QED) is 0.793. The molecular formula is C17H16F4N2O. The highest BCUT2D eigenvalue weighted by molar-refractivity contribution is 5.78. The SMILES string of the molecule is O=C(CN[C@H](c1ccccc1)c1ccc(F)cc1)NCC(F)(F)F. The summed E-state index contributed by atoms with van der Waals surface area (Å²) in [6, 6.07) is 14.3. The van der Waals surface area contributed by atoms with E-state index >= 15 is 0 Å². The highest BCUT2D eigenvalue weighted by Gasteiger charge is 2.27. The van der Waals surface area contributed by atoms with Crippen LogP contribution in [0.5, 0.6) is 0 Å². The molecule has 24 heavy (non-hydrogen) atoms. The van der Waals surface area contributed by atoms with Crippen LogP contribution < -0.4 is 10.6 Å². The monoisotopic (exact) mass is 340 g/mol. The number of amides is 1. The van der Waals surface area contributed by atoms with Crippen LogP contribution in [0.2, 0.25) is 0 Å². The van der Waals surface area contributed by atoms with E-state index in [2.05, 4.69) is 5.32 Å². The molecule has 2 rings (SSSR count). The minimum Gasteiger partial charge on any atom is -0.346 e. The van der Waals surface area contributed by atoms with E-state index in [1.807, 2.05) is 18.2 Å². The molecule has 7 heteroatoms. The van der Waals surface area contributed by atoms with Crippen LogP contribution in [0.4, 0.5) is 17.6 Å². The van der Waals surface area contributed by atoms with Crippen LogP contribution in [0.25, 0.3) is 0 Å².